The highest BCUT2D eigenvalue weighted by atomic mass is 16.7. The highest BCUT2D eigenvalue weighted by Gasteiger charge is 2.51. The molecule has 3 fully saturated rings. The van der Waals surface area contributed by atoms with Gasteiger partial charge in [0.15, 0.2) is 6.29 Å². The van der Waals surface area contributed by atoms with Crippen molar-refractivity contribution >= 4 is 0 Å². The third-order valence-electron chi connectivity index (χ3n) is 5.66. The van der Waals surface area contributed by atoms with E-state index in [2.05, 4.69) is 10.2 Å². The number of aliphatic hydroxyl groups is 1. The molecule has 6 heteroatoms. The average Bonchev–Trinajstić information content (AvgIpc) is 3.08. The summed E-state index contributed by atoms with van der Waals surface area (Å²) in [5.41, 5.74) is 1.08. The number of benzene rings is 1. The number of hydrogen-bond acceptors (Lipinski definition) is 6. The third-order valence-corrected chi connectivity index (χ3v) is 5.66. The summed E-state index contributed by atoms with van der Waals surface area (Å²) in [5.74, 6) is 0.856. The predicted molar refractivity (Wildman–Crippen MR) is 93.5 cm³/mol. The van der Waals surface area contributed by atoms with Crippen LogP contribution in [0, 0.1) is 0 Å². The van der Waals surface area contributed by atoms with Gasteiger partial charge in [0.2, 0.25) is 0 Å². The van der Waals surface area contributed by atoms with Crippen LogP contribution < -0.4 is 10.1 Å². The van der Waals surface area contributed by atoms with Crippen LogP contribution in [0.5, 0.6) is 5.75 Å². The van der Waals surface area contributed by atoms with E-state index in [1.807, 2.05) is 24.3 Å². The molecule has 138 valence electrons. The molecular formula is C19H28N2O4. The van der Waals surface area contributed by atoms with Crippen LogP contribution in [0.2, 0.25) is 0 Å². The van der Waals surface area contributed by atoms with E-state index in [1.165, 1.54) is 19.3 Å². The van der Waals surface area contributed by atoms with E-state index in [0.29, 0.717) is 13.2 Å². The molecule has 25 heavy (non-hydrogen) atoms. The number of hydrogen-bond donors (Lipinski definition) is 2. The number of ether oxygens (including phenoxy) is 3. The van der Waals surface area contributed by atoms with E-state index in [4.69, 9.17) is 14.2 Å². The number of nitrogens with zero attached hydrogens (tertiary/aromatic N) is 1. The van der Waals surface area contributed by atoms with Gasteiger partial charge >= 0.3 is 0 Å². The summed E-state index contributed by atoms with van der Waals surface area (Å²) in [6.45, 7) is 3.18. The molecule has 3 heterocycles. The number of nitrogens with one attached hydrogen (secondary N) is 1. The molecule has 6 nitrogen and oxygen atoms in total. The zero-order valence-electron chi connectivity index (χ0n) is 14.8. The lowest BCUT2D eigenvalue weighted by Gasteiger charge is -2.45. The van der Waals surface area contributed by atoms with Crippen LogP contribution in [0.4, 0.5) is 0 Å². The Morgan fingerprint density at radius 1 is 1.24 bits per heavy atom. The van der Waals surface area contributed by atoms with Crippen LogP contribution in [0.3, 0.4) is 0 Å². The van der Waals surface area contributed by atoms with E-state index in [-0.39, 0.29) is 24.5 Å². The summed E-state index contributed by atoms with van der Waals surface area (Å²) >= 11 is 0. The second-order valence-electron chi connectivity index (χ2n) is 7.17. The number of para-hydroxylation sites is 1. The van der Waals surface area contributed by atoms with Crippen molar-refractivity contribution in [1.82, 2.24) is 10.2 Å². The molecule has 5 atom stereocenters. The lowest BCUT2D eigenvalue weighted by Crippen LogP contribution is -2.64. The Morgan fingerprint density at radius 3 is 2.84 bits per heavy atom. The molecular weight excluding hydrogens is 320 g/mol. The molecule has 0 amide bonds. The summed E-state index contributed by atoms with van der Waals surface area (Å²) in [7, 11) is 1.68. The van der Waals surface area contributed by atoms with Crippen molar-refractivity contribution in [2.45, 2.75) is 56.4 Å². The van der Waals surface area contributed by atoms with Crippen LogP contribution in [0.25, 0.3) is 0 Å². The quantitative estimate of drug-likeness (QED) is 0.832. The number of rotatable bonds is 5. The molecule has 0 radical (unpaired) electrons. The standard InChI is InChI=1S/C19H28N2O4/c1-23-14-8-4-3-7-13(14)11-20-16-15-12-24-19(25-15)17(18(16)22)21-9-5-2-6-10-21/h3-4,7-8,15-20,22H,2,5-6,9-12H2,1H3/t15-,16-,17+,18-,19+/m0/s1. The second kappa shape index (κ2) is 7.60. The predicted octanol–water partition coefficient (Wildman–Crippen LogP) is 1.12. The summed E-state index contributed by atoms with van der Waals surface area (Å²) in [6.07, 6.45) is 2.72. The zero-order chi connectivity index (χ0) is 17.2. The van der Waals surface area contributed by atoms with Crippen molar-refractivity contribution in [1.29, 1.82) is 0 Å². The average molecular weight is 348 g/mol. The third kappa shape index (κ3) is 3.41. The van der Waals surface area contributed by atoms with E-state index in [1.54, 1.807) is 7.11 Å². The Kier molecular flexibility index (Phi) is 5.24. The van der Waals surface area contributed by atoms with Gasteiger partial charge in [-0.3, -0.25) is 4.90 Å². The van der Waals surface area contributed by atoms with Gasteiger partial charge in [0.1, 0.15) is 11.9 Å². The minimum absolute atomic E-state index is 0.0887. The van der Waals surface area contributed by atoms with E-state index >= 15 is 0 Å². The van der Waals surface area contributed by atoms with Crippen LogP contribution in [-0.4, -0.2) is 67.4 Å². The van der Waals surface area contributed by atoms with Crippen molar-refractivity contribution in [3.05, 3.63) is 29.8 Å². The van der Waals surface area contributed by atoms with Gasteiger partial charge in [-0.15, -0.1) is 0 Å². The highest BCUT2D eigenvalue weighted by Crippen LogP contribution is 2.33. The second-order valence-corrected chi connectivity index (χ2v) is 7.17. The van der Waals surface area contributed by atoms with Crippen molar-refractivity contribution in [2.24, 2.45) is 0 Å². The summed E-state index contributed by atoms with van der Waals surface area (Å²) in [4.78, 5) is 2.35. The van der Waals surface area contributed by atoms with Gasteiger partial charge in [-0.2, -0.15) is 0 Å². The Bertz CT molecular complexity index is 578. The van der Waals surface area contributed by atoms with Gasteiger partial charge in [0.25, 0.3) is 0 Å². The SMILES string of the molecule is COc1ccccc1CN[C@@H]1[C@H](O)[C@@H](N2CCCCC2)[C@@H]2OC[C@@H]1O2. The minimum Gasteiger partial charge on any atom is -0.496 e. The van der Waals surface area contributed by atoms with Gasteiger partial charge in [0.05, 0.1) is 31.9 Å². The molecule has 1 aromatic rings. The fourth-order valence-corrected chi connectivity index (χ4v) is 4.33. The van der Waals surface area contributed by atoms with Gasteiger partial charge < -0.3 is 24.6 Å². The minimum atomic E-state index is -0.501. The van der Waals surface area contributed by atoms with E-state index < -0.39 is 6.10 Å². The van der Waals surface area contributed by atoms with Gasteiger partial charge in [-0.1, -0.05) is 24.6 Å². The molecule has 2 bridgehead atoms. The van der Waals surface area contributed by atoms with Crippen LogP contribution >= 0.6 is 0 Å². The molecule has 0 aliphatic carbocycles. The first-order valence-electron chi connectivity index (χ1n) is 9.32. The zero-order valence-corrected chi connectivity index (χ0v) is 14.8. The molecule has 0 aromatic heterocycles. The first kappa shape index (κ1) is 17.2. The number of fused-ring (bicyclic) bond motifs is 2. The number of aliphatic hydroxyl groups excluding tert-OH is 1. The largest absolute Gasteiger partial charge is 0.496 e. The molecule has 3 aliphatic rings. The lowest BCUT2D eigenvalue weighted by molar-refractivity contribution is -0.184. The number of likely N-dealkylation sites (tertiary alicyclic amines) is 1. The smallest absolute Gasteiger partial charge is 0.176 e. The molecule has 3 aliphatic heterocycles. The molecule has 4 rings (SSSR count). The van der Waals surface area contributed by atoms with Crippen molar-refractivity contribution in [3.8, 4) is 5.75 Å². The Balaban J connectivity index is 1.46. The monoisotopic (exact) mass is 348 g/mol. The number of piperidine rings is 1. The maximum atomic E-state index is 11.1. The Labute approximate surface area is 149 Å². The van der Waals surface area contributed by atoms with E-state index in [0.717, 1.165) is 24.4 Å². The molecule has 0 unspecified atom stereocenters. The Hall–Kier alpha value is -1.18. The topological polar surface area (TPSA) is 63.2 Å². The fraction of sp³-hybridized carbons (Fsp3) is 0.684. The molecule has 3 saturated heterocycles. The summed E-state index contributed by atoms with van der Waals surface area (Å²) in [6, 6.07) is 7.72. The fourth-order valence-electron chi connectivity index (χ4n) is 4.33. The van der Waals surface area contributed by atoms with Crippen LogP contribution in [0.15, 0.2) is 24.3 Å². The maximum absolute atomic E-state index is 11.1. The molecule has 0 spiro atoms. The highest BCUT2D eigenvalue weighted by molar-refractivity contribution is 5.33. The Morgan fingerprint density at radius 2 is 2.04 bits per heavy atom. The summed E-state index contributed by atoms with van der Waals surface area (Å²) in [5, 5.41) is 14.6. The van der Waals surface area contributed by atoms with Crippen molar-refractivity contribution in [2.75, 3.05) is 26.8 Å². The van der Waals surface area contributed by atoms with Crippen LogP contribution in [-0.2, 0) is 16.0 Å². The van der Waals surface area contributed by atoms with Gasteiger partial charge in [-0.25, -0.2) is 0 Å². The van der Waals surface area contributed by atoms with Crippen LogP contribution in [0.1, 0.15) is 24.8 Å². The van der Waals surface area contributed by atoms with Crippen molar-refractivity contribution in [3.63, 3.8) is 0 Å². The number of methoxy groups -OCH3 is 1. The van der Waals surface area contributed by atoms with Gasteiger partial charge in [-0.05, 0) is 32.0 Å². The lowest BCUT2D eigenvalue weighted by atomic mass is 9.93. The normalized spacial score (nSPS) is 35.7. The first-order valence-corrected chi connectivity index (χ1v) is 9.32. The van der Waals surface area contributed by atoms with Crippen molar-refractivity contribution < 1.29 is 19.3 Å². The molecule has 2 N–H and O–H groups in total. The first-order chi connectivity index (χ1) is 12.3. The maximum Gasteiger partial charge on any atom is 0.176 e. The molecule has 1 aromatic carbocycles. The van der Waals surface area contributed by atoms with E-state index in [9.17, 15) is 5.11 Å². The summed E-state index contributed by atoms with van der Waals surface area (Å²) < 4.78 is 17.3. The molecule has 0 saturated carbocycles. The van der Waals surface area contributed by atoms with Gasteiger partial charge in [0, 0.05) is 12.1 Å².